The summed E-state index contributed by atoms with van der Waals surface area (Å²) in [6.07, 6.45) is -0.462. The predicted octanol–water partition coefficient (Wildman–Crippen LogP) is 3.09. The largest absolute Gasteiger partial charge is 0.443 e. The zero-order chi connectivity index (χ0) is 26.6. The number of carbonyl (C=O) groups excluding carboxylic acids is 2. The van der Waals surface area contributed by atoms with Crippen molar-refractivity contribution < 1.29 is 24.2 Å². The standard InChI is InChI=1S/C27H35N5O5.CH4/c1-18-23-11-7-10-20(16-37-26(35)31-13-12-21(33)14-31)32(23)24(29-18)22(30-25(34)27(2,3)28)17-36-15-19-8-5-4-6-9-19;/h4-11,21-22,33H,12-17,28H2,1-3H3,(H,30,34);1H4/t21-,22?;/m1./s1. The molecule has 1 fully saturated rings. The molecule has 0 aliphatic carbocycles. The van der Waals surface area contributed by atoms with Crippen LogP contribution in [0.4, 0.5) is 4.79 Å². The van der Waals surface area contributed by atoms with Crippen molar-refractivity contribution in [2.24, 2.45) is 5.73 Å². The molecular weight excluding hydrogens is 486 g/mol. The third kappa shape index (κ3) is 6.89. The number of hydrogen-bond donors (Lipinski definition) is 3. The van der Waals surface area contributed by atoms with Crippen LogP contribution in [0, 0.1) is 6.92 Å². The molecule has 2 atom stereocenters. The molecule has 10 nitrogen and oxygen atoms in total. The number of hydrogen-bond acceptors (Lipinski definition) is 7. The predicted molar refractivity (Wildman–Crippen MR) is 144 cm³/mol. The van der Waals surface area contributed by atoms with E-state index in [1.807, 2.05) is 59.9 Å². The molecular formula is C28H39N5O5. The fourth-order valence-electron chi connectivity index (χ4n) is 4.26. The lowest BCUT2D eigenvalue weighted by Crippen LogP contribution is -2.51. The Hall–Kier alpha value is -3.47. The van der Waals surface area contributed by atoms with Gasteiger partial charge in [0.25, 0.3) is 0 Å². The summed E-state index contributed by atoms with van der Waals surface area (Å²) in [7, 11) is 0. The van der Waals surface area contributed by atoms with Crippen LogP contribution in [0.5, 0.6) is 0 Å². The first-order valence-corrected chi connectivity index (χ1v) is 12.4. The van der Waals surface area contributed by atoms with Gasteiger partial charge in [0.05, 0.1) is 41.8 Å². The number of fused-ring (bicyclic) bond motifs is 1. The van der Waals surface area contributed by atoms with Gasteiger partial charge >= 0.3 is 6.09 Å². The molecule has 3 aromatic rings. The number of amides is 2. The summed E-state index contributed by atoms with van der Waals surface area (Å²) in [6, 6.07) is 14.8. The van der Waals surface area contributed by atoms with Crippen molar-refractivity contribution in [3.63, 3.8) is 0 Å². The van der Waals surface area contributed by atoms with E-state index in [-0.39, 0.29) is 33.1 Å². The number of aromatic nitrogens is 2. The van der Waals surface area contributed by atoms with Gasteiger partial charge in [0.15, 0.2) is 0 Å². The van der Waals surface area contributed by atoms with E-state index in [9.17, 15) is 14.7 Å². The van der Waals surface area contributed by atoms with E-state index in [1.54, 1.807) is 13.8 Å². The number of nitrogens with zero attached hydrogens (tertiary/aromatic N) is 3. The van der Waals surface area contributed by atoms with E-state index >= 15 is 0 Å². The summed E-state index contributed by atoms with van der Waals surface area (Å²) in [5.74, 6) is 0.216. The minimum atomic E-state index is -1.10. The number of ether oxygens (including phenoxy) is 2. The average Bonchev–Trinajstić information content (AvgIpc) is 3.45. The fraction of sp³-hybridized carbons (Fsp3) is 0.464. The normalized spacial score (nSPS) is 16.2. The number of pyridine rings is 1. The van der Waals surface area contributed by atoms with Crippen LogP contribution in [-0.2, 0) is 27.5 Å². The molecule has 4 rings (SSSR count). The van der Waals surface area contributed by atoms with E-state index in [0.29, 0.717) is 31.1 Å². The maximum atomic E-state index is 12.9. The second-order valence-electron chi connectivity index (χ2n) is 9.98. The number of aryl methyl sites for hydroxylation is 1. The van der Waals surface area contributed by atoms with Crippen LogP contribution in [0.15, 0.2) is 48.5 Å². The highest BCUT2D eigenvalue weighted by Crippen LogP contribution is 2.23. The quantitative estimate of drug-likeness (QED) is 0.391. The lowest BCUT2D eigenvalue weighted by atomic mass is 10.1. The number of carbonyl (C=O) groups is 2. The Morgan fingerprint density at radius 2 is 1.92 bits per heavy atom. The van der Waals surface area contributed by atoms with Gasteiger partial charge in [-0.1, -0.05) is 43.8 Å². The molecule has 2 amide bonds. The van der Waals surface area contributed by atoms with Crippen molar-refractivity contribution in [3.8, 4) is 0 Å². The third-order valence-electron chi connectivity index (χ3n) is 6.32. The van der Waals surface area contributed by atoms with Gasteiger partial charge in [-0.25, -0.2) is 9.78 Å². The first kappa shape index (κ1) is 29.1. The lowest BCUT2D eigenvalue weighted by Gasteiger charge is -2.24. The van der Waals surface area contributed by atoms with Gasteiger partial charge in [0.1, 0.15) is 18.5 Å². The van der Waals surface area contributed by atoms with Crippen molar-refractivity contribution in [3.05, 3.63) is 71.3 Å². The second kappa shape index (κ2) is 12.4. The summed E-state index contributed by atoms with van der Waals surface area (Å²) < 4.78 is 13.5. The maximum Gasteiger partial charge on any atom is 0.410 e. The van der Waals surface area contributed by atoms with Gasteiger partial charge in [-0.3, -0.25) is 9.20 Å². The van der Waals surface area contributed by atoms with Crippen LogP contribution in [0.2, 0.25) is 0 Å². The molecule has 4 N–H and O–H groups in total. The van der Waals surface area contributed by atoms with Crippen LogP contribution >= 0.6 is 0 Å². The average molecular weight is 526 g/mol. The first-order valence-electron chi connectivity index (χ1n) is 12.4. The Morgan fingerprint density at radius 1 is 1.18 bits per heavy atom. The number of rotatable bonds is 9. The van der Waals surface area contributed by atoms with Crippen LogP contribution in [-0.4, -0.2) is 62.7 Å². The molecule has 0 spiro atoms. The summed E-state index contributed by atoms with van der Waals surface area (Å²) in [5.41, 5.74) is 8.26. The Balaban J connectivity index is 0.00000400. The number of nitrogens with two attached hydrogens (primary N) is 1. The van der Waals surface area contributed by atoms with Gasteiger partial charge in [-0.05, 0) is 44.9 Å². The van der Waals surface area contributed by atoms with Crippen LogP contribution in [0.1, 0.15) is 56.5 Å². The number of β-amino-alcohol motifs (C(OH)–C–C–N with tert-alkyl or cyclic N) is 1. The van der Waals surface area contributed by atoms with Gasteiger partial charge in [-0.2, -0.15) is 0 Å². The minimum Gasteiger partial charge on any atom is -0.443 e. The molecule has 0 radical (unpaired) electrons. The van der Waals surface area contributed by atoms with E-state index < -0.39 is 23.8 Å². The van der Waals surface area contributed by atoms with Crippen LogP contribution in [0.3, 0.4) is 0 Å². The van der Waals surface area contributed by atoms with E-state index in [1.165, 1.54) is 4.90 Å². The monoisotopic (exact) mass is 525 g/mol. The Labute approximate surface area is 223 Å². The first-order chi connectivity index (χ1) is 17.6. The fourth-order valence-corrected chi connectivity index (χ4v) is 4.26. The molecule has 38 heavy (non-hydrogen) atoms. The third-order valence-corrected chi connectivity index (χ3v) is 6.32. The highest BCUT2D eigenvalue weighted by molar-refractivity contribution is 5.85. The zero-order valence-corrected chi connectivity index (χ0v) is 21.5. The molecule has 1 saturated heterocycles. The smallest absolute Gasteiger partial charge is 0.410 e. The molecule has 1 aliphatic rings. The van der Waals surface area contributed by atoms with Gasteiger partial charge in [-0.15, -0.1) is 0 Å². The minimum absolute atomic E-state index is 0. The van der Waals surface area contributed by atoms with Gasteiger partial charge in [0.2, 0.25) is 5.91 Å². The number of benzene rings is 1. The number of aliphatic hydroxyl groups is 1. The van der Waals surface area contributed by atoms with Crippen molar-refractivity contribution in [1.82, 2.24) is 19.6 Å². The summed E-state index contributed by atoms with van der Waals surface area (Å²) in [6.45, 7) is 6.42. The van der Waals surface area contributed by atoms with Crippen molar-refractivity contribution in [2.45, 2.75) is 65.5 Å². The SMILES string of the molecule is C.Cc1nc(C(COCc2ccccc2)NC(=O)C(C)(C)N)n2c(COC(=O)N3CC[C@@H](O)C3)cccc12. The van der Waals surface area contributed by atoms with Crippen molar-refractivity contribution in [1.29, 1.82) is 0 Å². The number of imidazole rings is 1. The Morgan fingerprint density at radius 3 is 2.58 bits per heavy atom. The van der Waals surface area contributed by atoms with Crippen molar-refractivity contribution in [2.75, 3.05) is 19.7 Å². The van der Waals surface area contributed by atoms with Crippen LogP contribution < -0.4 is 11.1 Å². The second-order valence-corrected chi connectivity index (χ2v) is 9.98. The van der Waals surface area contributed by atoms with Gasteiger partial charge < -0.3 is 30.5 Å². The summed E-state index contributed by atoms with van der Waals surface area (Å²) in [4.78, 5) is 31.7. The summed E-state index contributed by atoms with van der Waals surface area (Å²) in [5, 5.41) is 12.7. The lowest BCUT2D eigenvalue weighted by molar-refractivity contribution is -0.126. The Bertz CT molecular complexity index is 1240. The number of nitrogens with one attached hydrogen (secondary N) is 1. The molecule has 0 saturated carbocycles. The molecule has 1 aliphatic heterocycles. The molecule has 0 bridgehead atoms. The topological polar surface area (TPSA) is 131 Å². The van der Waals surface area contributed by atoms with Gasteiger partial charge in [0, 0.05) is 13.1 Å². The highest BCUT2D eigenvalue weighted by atomic mass is 16.6. The van der Waals surface area contributed by atoms with E-state index in [2.05, 4.69) is 5.32 Å². The molecule has 1 aromatic carbocycles. The molecule has 206 valence electrons. The molecule has 2 aromatic heterocycles. The van der Waals surface area contributed by atoms with Crippen LogP contribution in [0.25, 0.3) is 5.52 Å². The maximum absolute atomic E-state index is 12.9. The zero-order valence-electron chi connectivity index (χ0n) is 21.5. The molecule has 1 unspecified atom stereocenters. The highest BCUT2D eigenvalue weighted by Gasteiger charge is 2.29. The number of likely N-dealkylation sites (tertiary alicyclic amines) is 1. The van der Waals surface area contributed by atoms with E-state index in [4.69, 9.17) is 20.2 Å². The molecule has 3 heterocycles. The molecule has 10 heteroatoms. The van der Waals surface area contributed by atoms with E-state index in [0.717, 1.165) is 16.8 Å². The van der Waals surface area contributed by atoms with Crippen molar-refractivity contribution >= 4 is 17.5 Å². The number of aliphatic hydroxyl groups excluding tert-OH is 1. The Kier molecular flexibility index (Phi) is 9.48. The summed E-state index contributed by atoms with van der Waals surface area (Å²) >= 11 is 0.